The van der Waals surface area contributed by atoms with E-state index in [0.29, 0.717) is 18.0 Å². The van der Waals surface area contributed by atoms with Crippen LogP contribution < -0.4 is 10.2 Å². The molecule has 0 radical (unpaired) electrons. The average Bonchev–Trinajstić information content (AvgIpc) is 3.36. The van der Waals surface area contributed by atoms with Crippen LogP contribution in [0.1, 0.15) is 29.3 Å². The third kappa shape index (κ3) is 3.65. The van der Waals surface area contributed by atoms with Gasteiger partial charge in [-0.15, -0.1) is 22.7 Å². The summed E-state index contributed by atoms with van der Waals surface area (Å²) >= 11 is 2.97. The number of benzene rings is 1. The molecule has 3 heterocycles. The first-order chi connectivity index (χ1) is 13.1. The number of carbonyl (C=O) groups excluding carboxylic acids is 2. The van der Waals surface area contributed by atoms with Gasteiger partial charge < -0.3 is 10.2 Å². The van der Waals surface area contributed by atoms with E-state index in [0.717, 1.165) is 16.1 Å². The van der Waals surface area contributed by atoms with Crippen LogP contribution >= 0.6 is 22.7 Å². The SMILES string of the molecule is Cc1ccc(N2C(=O)CC[C@@H](C(=O)Nc3nccs3)[C@@H]2c2cccs2)cc1. The number of amides is 2. The van der Waals surface area contributed by atoms with Crippen molar-refractivity contribution in [2.75, 3.05) is 10.2 Å². The molecule has 2 atom stereocenters. The number of anilines is 2. The second-order valence-electron chi connectivity index (χ2n) is 6.53. The Hall–Kier alpha value is -2.51. The van der Waals surface area contributed by atoms with Gasteiger partial charge in [-0.1, -0.05) is 23.8 Å². The summed E-state index contributed by atoms with van der Waals surface area (Å²) < 4.78 is 0. The van der Waals surface area contributed by atoms with E-state index >= 15 is 0 Å². The van der Waals surface area contributed by atoms with Crippen molar-refractivity contribution < 1.29 is 9.59 Å². The highest BCUT2D eigenvalue weighted by atomic mass is 32.1. The third-order valence-electron chi connectivity index (χ3n) is 4.74. The summed E-state index contributed by atoms with van der Waals surface area (Å²) in [5, 5.41) is 7.31. The van der Waals surface area contributed by atoms with Crippen LogP contribution in [0.25, 0.3) is 0 Å². The Morgan fingerprint density at radius 1 is 1.19 bits per heavy atom. The van der Waals surface area contributed by atoms with Gasteiger partial charge in [0.1, 0.15) is 0 Å². The molecule has 2 amide bonds. The number of aryl methyl sites for hydroxylation is 1. The Morgan fingerprint density at radius 2 is 2.00 bits per heavy atom. The van der Waals surface area contributed by atoms with Gasteiger partial charge in [0.25, 0.3) is 0 Å². The number of hydrogen-bond acceptors (Lipinski definition) is 5. The Balaban J connectivity index is 1.71. The van der Waals surface area contributed by atoms with Crippen LogP contribution in [0.5, 0.6) is 0 Å². The van der Waals surface area contributed by atoms with Crippen LogP contribution in [0, 0.1) is 12.8 Å². The smallest absolute Gasteiger partial charge is 0.231 e. The second-order valence-corrected chi connectivity index (χ2v) is 8.41. The van der Waals surface area contributed by atoms with Crippen LogP contribution in [-0.2, 0) is 9.59 Å². The fraction of sp³-hybridized carbons (Fsp3) is 0.250. The zero-order chi connectivity index (χ0) is 18.8. The summed E-state index contributed by atoms with van der Waals surface area (Å²) in [6.45, 7) is 2.02. The highest BCUT2D eigenvalue weighted by Gasteiger charge is 2.42. The first-order valence-corrected chi connectivity index (χ1v) is 10.5. The first kappa shape index (κ1) is 17.9. The second kappa shape index (κ2) is 7.62. The van der Waals surface area contributed by atoms with Crippen molar-refractivity contribution in [3.63, 3.8) is 0 Å². The summed E-state index contributed by atoms with van der Waals surface area (Å²) in [5.74, 6) is -0.366. The molecule has 1 aromatic carbocycles. The van der Waals surface area contributed by atoms with Gasteiger partial charge in [-0.05, 0) is 36.9 Å². The maximum atomic E-state index is 13.0. The number of nitrogens with zero attached hydrogens (tertiary/aromatic N) is 2. The van der Waals surface area contributed by atoms with E-state index < -0.39 is 0 Å². The van der Waals surface area contributed by atoms with Crippen molar-refractivity contribution in [3.8, 4) is 0 Å². The largest absolute Gasteiger partial charge is 0.303 e. The monoisotopic (exact) mass is 397 g/mol. The third-order valence-corrected chi connectivity index (χ3v) is 6.37. The van der Waals surface area contributed by atoms with Crippen molar-refractivity contribution >= 4 is 45.3 Å². The number of thiophene rings is 1. The summed E-state index contributed by atoms with van der Waals surface area (Å²) in [6.07, 6.45) is 2.55. The van der Waals surface area contributed by atoms with E-state index in [-0.39, 0.29) is 23.8 Å². The lowest BCUT2D eigenvalue weighted by molar-refractivity contribution is -0.125. The average molecular weight is 398 g/mol. The minimum Gasteiger partial charge on any atom is -0.303 e. The number of nitrogens with one attached hydrogen (secondary N) is 1. The molecule has 2 aromatic heterocycles. The fourth-order valence-electron chi connectivity index (χ4n) is 3.45. The molecule has 7 heteroatoms. The number of piperidine rings is 1. The van der Waals surface area contributed by atoms with Gasteiger partial charge in [-0.2, -0.15) is 0 Å². The number of rotatable bonds is 4. The molecule has 1 saturated heterocycles. The van der Waals surface area contributed by atoms with E-state index in [2.05, 4.69) is 10.3 Å². The van der Waals surface area contributed by atoms with Gasteiger partial charge in [0.15, 0.2) is 5.13 Å². The molecule has 0 saturated carbocycles. The summed E-state index contributed by atoms with van der Waals surface area (Å²) in [6, 6.07) is 11.5. The van der Waals surface area contributed by atoms with Crippen LogP contribution in [-0.4, -0.2) is 16.8 Å². The molecule has 0 unspecified atom stereocenters. The van der Waals surface area contributed by atoms with Gasteiger partial charge >= 0.3 is 0 Å². The molecule has 0 spiro atoms. The number of hydrogen-bond donors (Lipinski definition) is 1. The molecule has 138 valence electrons. The standard InChI is InChI=1S/C20H19N3O2S2/c1-13-4-6-14(7-5-13)23-17(24)9-8-15(18(23)16-3-2-11-26-16)19(25)22-20-21-10-12-27-20/h2-7,10-12,15,18H,8-9H2,1H3,(H,21,22,25)/t15-,18-/m1/s1. The van der Waals surface area contributed by atoms with Crippen LogP contribution in [0.2, 0.25) is 0 Å². The molecule has 3 aromatic rings. The molecule has 1 N–H and O–H groups in total. The van der Waals surface area contributed by atoms with Gasteiger partial charge in [0, 0.05) is 28.6 Å². The zero-order valence-corrected chi connectivity index (χ0v) is 16.4. The highest BCUT2D eigenvalue weighted by Crippen LogP contribution is 2.42. The summed E-state index contributed by atoms with van der Waals surface area (Å²) in [4.78, 5) is 32.8. The van der Waals surface area contributed by atoms with Crippen molar-refractivity contribution in [1.29, 1.82) is 0 Å². The molecular weight excluding hydrogens is 378 g/mol. The molecular formula is C20H19N3O2S2. The molecule has 1 aliphatic heterocycles. The van der Waals surface area contributed by atoms with Crippen LogP contribution in [0.4, 0.5) is 10.8 Å². The molecule has 0 bridgehead atoms. The highest BCUT2D eigenvalue weighted by molar-refractivity contribution is 7.13. The van der Waals surface area contributed by atoms with Crippen molar-refractivity contribution in [2.24, 2.45) is 5.92 Å². The minimum atomic E-state index is -0.327. The summed E-state index contributed by atoms with van der Waals surface area (Å²) in [5.41, 5.74) is 1.96. The van der Waals surface area contributed by atoms with E-state index in [1.54, 1.807) is 22.4 Å². The first-order valence-electron chi connectivity index (χ1n) is 8.76. The lowest BCUT2D eigenvalue weighted by atomic mass is 9.86. The topological polar surface area (TPSA) is 62.3 Å². The van der Waals surface area contributed by atoms with Gasteiger partial charge in [-0.3, -0.25) is 9.59 Å². The molecule has 5 nitrogen and oxygen atoms in total. The van der Waals surface area contributed by atoms with E-state index in [4.69, 9.17) is 0 Å². The minimum absolute atomic E-state index is 0.0514. The molecule has 27 heavy (non-hydrogen) atoms. The van der Waals surface area contributed by atoms with Crippen molar-refractivity contribution in [1.82, 2.24) is 4.98 Å². The molecule has 1 aliphatic rings. The van der Waals surface area contributed by atoms with E-state index in [1.807, 2.05) is 54.1 Å². The maximum absolute atomic E-state index is 13.0. The number of thiazole rings is 1. The Morgan fingerprint density at radius 3 is 2.67 bits per heavy atom. The lowest BCUT2D eigenvalue weighted by Gasteiger charge is -2.40. The lowest BCUT2D eigenvalue weighted by Crippen LogP contribution is -2.46. The normalized spacial score (nSPS) is 19.9. The maximum Gasteiger partial charge on any atom is 0.231 e. The van der Waals surface area contributed by atoms with Crippen molar-refractivity contribution in [2.45, 2.75) is 25.8 Å². The number of carbonyl (C=O) groups is 2. The van der Waals surface area contributed by atoms with E-state index in [9.17, 15) is 9.59 Å². The number of aromatic nitrogens is 1. The van der Waals surface area contributed by atoms with Gasteiger partial charge in [0.05, 0.1) is 12.0 Å². The van der Waals surface area contributed by atoms with Crippen molar-refractivity contribution in [3.05, 3.63) is 63.8 Å². The predicted octanol–water partition coefficient (Wildman–Crippen LogP) is 4.64. The molecule has 1 fully saturated rings. The van der Waals surface area contributed by atoms with E-state index in [1.165, 1.54) is 11.3 Å². The molecule has 4 rings (SSSR count). The van der Waals surface area contributed by atoms with Crippen LogP contribution in [0.3, 0.4) is 0 Å². The Kier molecular flexibility index (Phi) is 5.05. The van der Waals surface area contributed by atoms with Crippen LogP contribution in [0.15, 0.2) is 53.4 Å². The quantitative estimate of drug-likeness (QED) is 0.698. The Bertz CT molecular complexity index is 921. The van der Waals surface area contributed by atoms with Gasteiger partial charge in [0.2, 0.25) is 11.8 Å². The fourth-order valence-corrected chi connectivity index (χ4v) is 4.86. The van der Waals surface area contributed by atoms with Gasteiger partial charge in [-0.25, -0.2) is 4.98 Å². The Labute approximate surface area is 165 Å². The predicted molar refractivity (Wildman–Crippen MR) is 109 cm³/mol. The summed E-state index contributed by atoms with van der Waals surface area (Å²) in [7, 11) is 0. The molecule has 0 aliphatic carbocycles. The zero-order valence-electron chi connectivity index (χ0n) is 14.8.